The molecule has 4 heteroatoms. The van der Waals surface area contributed by atoms with E-state index in [1.54, 1.807) is 6.08 Å². The third-order valence-electron chi connectivity index (χ3n) is 1.94. The summed E-state index contributed by atoms with van der Waals surface area (Å²) in [5.74, 6) is 0. The quantitative estimate of drug-likeness (QED) is 0.272. The normalized spacial score (nSPS) is 11.7. The Bertz CT molecular complexity index is 338. The van der Waals surface area contributed by atoms with Crippen molar-refractivity contribution in [1.82, 2.24) is 4.67 Å². The van der Waals surface area contributed by atoms with Crippen LogP contribution >= 0.6 is 9.39 Å². The van der Waals surface area contributed by atoms with Gasteiger partial charge in [0.05, 0.1) is 0 Å². The molecule has 15 heavy (non-hydrogen) atoms. The molecule has 0 aliphatic rings. The summed E-state index contributed by atoms with van der Waals surface area (Å²) in [6.07, 6.45) is 1.80. The molecule has 0 aromatic heterocycles. The highest BCUT2D eigenvalue weighted by molar-refractivity contribution is 7.13. The Morgan fingerprint density at radius 2 is 2.13 bits per heavy atom. The molecule has 0 heterocycles. The minimum atomic E-state index is 0.567. The number of hydrogen-bond acceptors (Lipinski definition) is 3. The van der Waals surface area contributed by atoms with Gasteiger partial charge in [0.15, 0.2) is 0 Å². The van der Waals surface area contributed by atoms with E-state index in [1.807, 2.05) is 35.0 Å². The first kappa shape index (κ1) is 11.9. The van der Waals surface area contributed by atoms with E-state index in [2.05, 4.69) is 21.1 Å². The monoisotopic (exact) mass is 222 g/mol. The molecule has 1 aromatic carbocycles. The molecular weight excluding hydrogens is 207 g/mol. The van der Waals surface area contributed by atoms with Crippen molar-refractivity contribution in [1.29, 1.82) is 0 Å². The van der Waals surface area contributed by atoms with Gasteiger partial charge < -0.3 is 5.21 Å². The smallest absolute Gasteiger partial charge is 0.101 e. The molecule has 0 spiro atoms. The molecule has 1 unspecified atom stereocenters. The lowest BCUT2D eigenvalue weighted by Gasteiger charge is -2.14. The number of hydrogen-bond donors (Lipinski definition) is 1. The minimum Gasteiger partial charge on any atom is -0.411 e. The summed E-state index contributed by atoms with van der Waals surface area (Å²) in [4.78, 5) is 0. The van der Waals surface area contributed by atoms with Crippen LogP contribution in [0, 0.1) is 0 Å². The largest absolute Gasteiger partial charge is 0.411 e. The van der Waals surface area contributed by atoms with Crippen LogP contribution in [0.5, 0.6) is 0 Å². The van der Waals surface area contributed by atoms with E-state index in [0.717, 1.165) is 12.1 Å². The van der Waals surface area contributed by atoms with Crippen molar-refractivity contribution >= 4 is 15.1 Å². The number of benzene rings is 1. The summed E-state index contributed by atoms with van der Waals surface area (Å²) in [5.41, 5.74) is 1.57. The second-order valence-electron chi connectivity index (χ2n) is 3.13. The first-order valence-electron chi connectivity index (χ1n) is 4.64. The van der Waals surface area contributed by atoms with Crippen LogP contribution in [-0.2, 0) is 0 Å². The van der Waals surface area contributed by atoms with Gasteiger partial charge in [-0.25, -0.2) is 0 Å². The average molecular weight is 222 g/mol. The Morgan fingerprint density at radius 3 is 2.67 bits per heavy atom. The first-order chi connectivity index (χ1) is 7.27. The molecule has 0 fully saturated rings. The van der Waals surface area contributed by atoms with Crippen molar-refractivity contribution in [3.05, 3.63) is 48.6 Å². The Hall–Kier alpha value is -1.18. The molecule has 0 amide bonds. The molecule has 0 aliphatic carbocycles. The van der Waals surface area contributed by atoms with E-state index in [-0.39, 0.29) is 0 Å². The van der Waals surface area contributed by atoms with Gasteiger partial charge in [-0.1, -0.05) is 51.0 Å². The van der Waals surface area contributed by atoms with Crippen LogP contribution in [0.25, 0.3) is 0 Å². The summed E-state index contributed by atoms with van der Waals surface area (Å²) in [6, 6.07) is 9.60. The maximum absolute atomic E-state index is 8.92. The lowest BCUT2D eigenvalue weighted by Crippen LogP contribution is -2.21. The summed E-state index contributed by atoms with van der Waals surface area (Å²) < 4.78 is 1.94. The topological polar surface area (TPSA) is 35.8 Å². The van der Waals surface area contributed by atoms with E-state index in [9.17, 15) is 0 Å². The van der Waals surface area contributed by atoms with Gasteiger partial charge in [-0.05, 0) is 0 Å². The molecule has 1 N–H and O–H groups in total. The molecule has 1 rings (SSSR count). The summed E-state index contributed by atoms with van der Waals surface area (Å²) in [5, 5.41) is 12.2. The van der Waals surface area contributed by atoms with Gasteiger partial charge >= 0.3 is 0 Å². The van der Waals surface area contributed by atoms with Crippen LogP contribution in [-0.4, -0.2) is 28.7 Å². The maximum Gasteiger partial charge on any atom is 0.101 e. The zero-order valence-corrected chi connectivity index (χ0v) is 9.66. The lowest BCUT2D eigenvalue weighted by molar-refractivity contribution is 0.317. The van der Waals surface area contributed by atoms with Crippen LogP contribution < -0.4 is 0 Å². The highest BCUT2D eigenvalue weighted by Crippen LogP contribution is 2.06. The fourth-order valence-corrected chi connectivity index (χ4v) is 1.56. The van der Waals surface area contributed by atoms with Gasteiger partial charge in [0.25, 0.3) is 0 Å². The fourth-order valence-electron chi connectivity index (χ4n) is 1.23. The van der Waals surface area contributed by atoms with E-state index in [0.29, 0.717) is 12.3 Å². The van der Waals surface area contributed by atoms with Gasteiger partial charge in [-0.2, -0.15) is 0 Å². The first-order valence-corrected chi connectivity index (χ1v) is 5.16. The predicted molar refractivity (Wildman–Crippen MR) is 66.2 cm³/mol. The van der Waals surface area contributed by atoms with E-state index < -0.39 is 0 Å². The van der Waals surface area contributed by atoms with Crippen molar-refractivity contribution in [2.75, 3.05) is 13.1 Å². The molecule has 80 valence electrons. The van der Waals surface area contributed by atoms with Crippen molar-refractivity contribution in [3.8, 4) is 0 Å². The highest BCUT2D eigenvalue weighted by atomic mass is 31.0. The number of nitrogens with zero attached hydrogens (tertiary/aromatic N) is 2. The second kappa shape index (κ2) is 6.33. The molecule has 1 aromatic rings. The minimum absolute atomic E-state index is 0.567. The van der Waals surface area contributed by atoms with Crippen LogP contribution in [0.1, 0.15) is 5.56 Å². The summed E-state index contributed by atoms with van der Waals surface area (Å²) in [6.45, 7) is 4.95. The van der Waals surface area contributed by atoms with E-state index in [4.69, 9.17) is 5.21 Å². The Morgan fingerprint density at radius 1 is 1.47 bits per heavy atom. The van der Waals surface area contributed by atoms with Crippen LogP contribution in [0.15, 0.2) is 48.1 Å². The molecule has 3 nitrogen and oxygen atoms in total. The lowest BCUT2D eigenvalue weighted by atomic mass is 10.1. The highest BCUT2D eigenvalue weighted by Gasteiger charge is 2.06. The molecule has 1 atom stereocenters. The third-order valence-corrected chi connectivity index (χ3v) is 2.34. The second-order valence-corrected chi connectivity index (χ2v) is 3.86. The summed E-state index contributed by atoms with van der Waals surface area (Å²) in [7, 11) is 2.57. The van der Waals surface area contributed by atoms with Gasteiger partial charge in [0.2, 0.25) is 0 Å². The third kappa shape index (κ3) is 3.82. The van der Waals surface area contributed by atoms with Gasteiger partial charge in [0.1, 0.15) is 5.71 Å². The van der Waals surface area contributed by atoms with Crippen molar-refractivity contribution in [3.63, 3.8) is 0 Å². The molecule has 0 saturated heterocycles. The predicted octanol–water partition coefficient (Wildman–Crippen LogP) is 2.14. The van der Waals surface area contributed by atoms with Crippen LogP contribution in [0.4, 0.5) is 0 Å². The van der Waals surface area contributed by atoms with Crippen molar-refractivity contribution in [2.24, 2.45) is 5.16 Å². The van der Waals surface area contributed by atoms with E-state index in [1.165, 1.54) is 0 Å². The van der Waals surface area contributed by atoms with Gasteiger partial charge in [0, 0.05) is 18.7 Å². The number of rotatable bonds is 5. The Balaban J connectivity index is 2.70. The van der Waals surface area contributed by atoms with Crippen molar-refractivity contribution in [2.45, 2.75) is 0 Å². The zero-order chi connectivity index (χ0) is 11.1. The maximum atomic E-state index is 8.92. The van der Waals surface area contributed by atoms with Crippen molar-refractivity contribution < 1.29 is 5.21 Å². The molecule has 0 radical (unpaired) electrons. The Kier molecular flexibility index (Phi) is 5.02. The summed E-state index contributed by atoms with van der Waals surface area (Å²) >= 11 is 0. The Labute approximate surface area is 92.4 Å². The van der Waals surface area contributed by atoms with E-state index >= 15 is 0 Å². The molecular formula is C11H15N2OP. The number of oxime groups is 1. The van der Waals surface area contributed by atoms with Gasteiger partial charge in [-0.15, -0.1) is 6.58 Å². The zero-order valence-electron chi connectivity index (χ0n) is 8.50. The van der Waals surface area contributed by atoms with Crippen LogP contribution in [0.2, 0.25) is 0 Å². The van der Waals surface area contributed by atoms with Gasteiger partial charge in [-0.3, -0.25) is 4.67 Å². The average Bonchev–Trinajstić information content (AvgIpc) is 2.27. The fraction of sp³-hybridized carbons (Fsp3) is 0.182. The molecule has 0 bridgehead atoms. The SMILES string of the molecule is C=CCN(P)C/C(=N/O)c1ccccc1. The van der Waals surface area contributed by atoms with Crippen LogP contribution in [0.3, 0.4) is 0 Å². The molecule has 0 aliphatic heterocycles. The molecule has 0 saturated carbocycles. The standard InChI is InChI=1S/C11H15N2OP/c1-2-8-13(15)9-11(12-14)10-6-4-3-5-7-10/h2-7,14H,1,8-9,15H2/b12-11-.